The topological polar surface area (TPSA) is 32.3 Å². The van der Waals surface area contributed by atoms with Crippen molar-refractivity contribution in [3.63, 3.8) is 0 Å². The van der Waals surface area contributed by atoms with Crippen molar-refractivity contribution in [2.24, 2.45) is 11.3 Å². The number of carbonyl (C=O) groups excluding carboxylic acids is 1. The lowest BCUT2D eigenvalue weighted by molar-refractivity contribution is -0.127. The highest BCUT2D eigenvalue weighted by Gasteiger charge is 2.36. The van der Waals surface area contributed by atoms with Gasteiger partial charge in [-0.25, -0.2) is 0 Å². The number of amides is 1. The third-order valence-electron chi connectivity index (χ3n) is 3.07. The predicted octanol–water partition coefficient (Wildman–Crippen LogP) is 1.10. The lowest BCUT2D eigenvalue weighted by Crippen LogP contribution is -2.33. The molecule has 1 aliphatic rings. The SMILES string of the molecule is CNCCN1CC(C(C)(C)C)CC1=O. The first-order chi connectivity index (χ1) is 6.45. The monoisotopic (exact) mass is 198 g/mol. The summed E-state index contributed by atoms with van der Waals surface area (Å²) in [4.78, 5) is 13.6. The molecule has 0 aromatic rings. The Kier molecular flexibility index (Phi) is 3.53. The minimum Gasteiger partial charge on any atom is -0.341 e. The van der Waals surface area contributed by atoms with Gasteiger partial charge < -0.3 is 10.2 Å². The zero-order valence-electron chi connectivity index (χ0n) is 9.76. The Hall–Kier alpha value is -0.570. The van der Waals surface area contributed by atoms with Crippen LogP contribution in [0, 0.1) is 11.3 Å². The lowest BCUT2D eigenvalue weighted by atomic mass is 9.80. The molecule has 1 heterocycles. The van der Waals surface area contributed by atoms with Crippen LogP contribution in [0.25, 0.3) is 0 Å². The van der Waals surface area contributed by atoms with Crippen molar-refractivity contribution in [1.82, 2.24) is 10.2 Å². The fourth-order valence-electron chi connectivity index (χ4n) is 1.82. The van der Waals surface area contributed by atoms with E-state index in [9.17, 15) is 4.79 Å². The molecule has 14 heavy (non-hydrogen) atoms. The Labute approximate surface area is 86.9 Å². The summed E-state index contributed by atoms with van der Waals surface area (Å²) >= 11 is 0. The van der Waals surface area contributed by atoms with Gasteiger partial charge in [0, 0.05) is 26.1 Å². The van der Waals surface area contributed by atoms with Gasteiger partial charge in [-0.15, -0.1) is 0 Å². The molecule has 0 saturated carbocycles. The summed E-state index contributed by atoms with van der Waals surface area (Å²) in [6.07, 6.45) is 0.729. The van der Waals surface area contributed by atoms with Gasteiger partial charge >= 0.3 is 0 Å². The van der Waals surface area contributed by atoms with E-state index in [0.717, 1.165) is 26.1 Å². The number of hydrogen-bond donors (Lipinski definition) is 1. The van der Waals surface area contributed by atoms with Crippen molar-refractivity contribution in [2.45, 2.75) is 27.2 Å². The molecule has 1 N–H and O–H groups in total. The molecule has 1 saturated heterocycles. The number of carbonyl (C=O) groups is 1. The quantitative estimate of drug-likeness (QED) is 0.736. The predicted molar refractivity (Wildman–Crippen MR) is 58.1 cm³/mol. The second-order valence-electron chi connectivity index (χ2n) is 5.21. The van der Waals surface area contributed by atoms with E-state index in [1.165, 1.54) is 0 Å². The summed E-state index contributed by atoms with van der Waals surface area (Å²) in [5, 5.41) is 3.07. The van der Waals surface area contributed by atoms with Gasteiger partial charge in [0.15, 0.2) is 0 Å². The van der Waals surface area contributed by atoms with Crippen LogP contribution < -0.4 is 5.32 Å². The van der Waals surface area contributed by atoms with E-state index in [1.807, 2.05) is 11.9 Å². The highest BCUT2D eigenvalue weighted by molar-refractivity contribution is 5.78. The molecule has 1 atom stereocenters. The van der Waals surface area contributed by atoms with Gasteiger partial charge in [0.2, 0.25) is 5.91 Å². The van der Waals surface area contributed by atoms with Crippen LogP contribution in [0.3, 0.4) is 0 Å². The Morgan fingerprint density at radius 3 is 2.57 bits per heavy atom. The van der Waals surface area contributed by atoms with Gasteiger partial charge in [0.1, 0.15) is 0 Å². The fraction of sp³-hybridized carbons (Fsp3) is 0.909. The van der Waals surface area contributed by atoms with Crippen molar-refractivity contribution in [3.05, 3.63) is 0 Å². The Morgan fingerprint density at radius 1 is 1.50 bits per heavy atom. The van der Waals surface area contributed by atoms with Crippen LogP contribution in [0.1, 0.15) is 27.2 Å². The van der Waals surface area contributed by atoms with Crippen LogP contribution in [0.5, 0.6) is 0 Å². The van der Waals surface area contributed by atoms with Gasteiger partial charge in [0.25, 0.3) is 0 Å². The average Bonchev–Trinajstić information content (AvgIpc) is 2.43. The highest BCUT2D eigenvalue weighted by atomic mass is 16.2. The largest absolute Gasteiger partial charge is 0.341 e. The molecule has 1 unspecified atom stereocenters. The highest BCUT2D eigenvalue weighted by Crippen LogP contribution is 2.33. The molecular weight excluding hydrogens is 176 g/mol. The normalized spacial score (nSPS) is 23.3. The number of nitrogens with zero attached hydrogens (tertiary/aromatic N) is 1. The molecule has 0 aromatic heterocycles. The van der Waals surface area contributed by atoms with Crippen LogP contribution in [0.2, 0.25) is 0 Å². The second-order valence-corrected chi connectivity index (χ2v) is 5.21. The van der Waals surface area contributed by atoms with E-state index in [1.54, 1.807) is 0 Å². The van der Waals surface area contributed by atoms with Gasteiger partial charge in [0.05, 0.1) is 0 Å². The molecule has 3 nitrogen and oxygen atoms in total. The molecule has 1 fully saturated rings. The average molecular weight is 198 g/mol. The van der Waals surface area contributed by atoms with E-state index >= 15 is 0 Å². The molecule has 0 radical (unpaired) electrons. The Balaban J connectivity index is 2.47. The maximum atomic E-state index is 11.6. The van der Waals surface area contributed by atoms with E-state index < -0.39 is 0 Å². The number of nitrogens with one attached hydrogen (secondary N) is 1. The standard InChI is InChI=1S/C11H22N2O/c1-11(2,3)9-7-10(14)13(8-9)6-5-12-4/h9,12H,5-8H2,1-4H3. The molecule has 0 bridgehead atoms. The minimum atomic E-state index is 0.254. The van der Waals surface area contributed by atoms with Crippen LogP contribution in [0.15, 0.2) is 0 Å². The molecule has 82 valence electrons. The second kappa shape index (κ2) is 4.30. The van der Waals surface area contributed by atoms with Crippen LogP contribution in [-0.4, -0.2) is 37.5 Å². The van der Waals surface area contributed by atoms with E-state index in [4.69, 9.17) is 0 Å². The zero-order chi connectivity index (χ0) is 10.8. The molecule has 0 aliphatic carbocycles. The molecule has 1 amide bonds. The summed E-state index contributed by atoms with van der Waals surface area (Å²) in [6.45, 7) is 9.32. The molecular formula is C11H22N2O. The van der Waals surface area contributed by atoms with E-state index in [2.05, 4.69) is 26.1 Å². The van der Waals surface area contributed by atoms with Crippen molar-refractivity contribution in [1.29, 1.82) is 0 Å². The third-order valence-corrected chi connectivity index (χ3v) is 3.07. The first kappa shape index (κ1) is 11.5. The lowest BCUT2D eigenvalue weighted by Gasteiger charge is -2.26. The molecule has 1 aliphatic heterocycles. The Morgan fingerprint density at radius 2 is 2.14 bits per heavy atom. The summed E-state index contributed by atoms with van der Waals surface area (Å²) in [5.74, 6) is 0.840. The van der Waals surface area contributed by atoms with Crippen LogP contribution in [-0.2, 0) is 4.79 Å². The number of hydrogen-bond acceptors (Lipinski definition) is 2. The van der Waals surface area contributed by atoms with Crippen LogP contribution in [0.4, 0.5) is 0 Å². The molecule has 0 aromatic carbocycles. The fourth-order valence-corrected chi connectivity index (χ4v) is 1.82. The van der Waals surface area contributed by atoms with Gasteiger partial charge in [-0.3, -0.25) is 4.79 Å². The first-order valence-electron chi connectivity index (χ1n) is 5.37. The van der Waals surface area contributed by atoms with Gasteiger partial charge in [-0.05, 0) is 18.4 Å². The van der Waals surface area contributed by atoms with Gasteiger partial charge in [-0.1, -0.05) is 20.8 Å². The number of likely N-dealkylation sites (N-methyl/N-ethyl adjacent to an activating group) is 1. The van der Waals surface area contributed by atoms with Crippen molar-refractivity contribution in [2.75, 3.05) is 26.7 Å². The van der Waals surface area contributed by atoms with Crippen molar-refractivity contribution >= 4 is 5.91 Å². The summed E-state index contributed by atoms with van der Waals surface area (Å²) in [6, 6.07) is 0. The molecule has 3 heteroatoms. The Bertz CT molecular complexity index is 208. The zero-order valence-corrected chi connectivity index (χ0v) is 9.76. The summed E-state index contributed by atoms with van der Waals surface area (Å²) in [5.41, 5.74) is 0.254. The smallest absolute Gasteiger partial charge is 0.222 e. The maximum absolute atomic E-state index is 11.6. The maximum Gasteiger partial charge on any atom is 0.222 e. The summed E-state index contributed by atoms with van der Waals surface area (Å²) in [7, 11) is 1.92. The van der Waals surface area contributed by atoms with E-state index in [-0.39, 0.29) is 5.41 Å². The first-order valence-corrected chi connectivity index (χ1v) is 5.37. The van der Waals surface area contributed by atoms with E-state index in [0.29, 0.717) is 11.8 Å². The van der Waals surface area contributed by atoms with Crippen molar-refractivity contribution < 1.29 is 4.79 Å². The molecule has 0 spiro atoms. The number of rotatable bonds is 3. The minimum absolute atomic E-state index is 0.254. The van der Waals surface area contributed by atoms with Gasteiger partial charge in [-0.2, -0.15) is 0 Å². The number of likely N-dealkylation sites (tertiary alicyclic amines) is 1. The van der Waals surface area contributed by atoms with Crippen molar-refractivity contribution in [3.8, 4) is 0 Å². The third kappa shape index (κ3) is 2.71. The summed E-state index contributed by atoms with van der Waals surface area (Å²) < 4.78 is 0. The molecule has 1 rings (SSSR count). The van der Waals surface area contributed by atoms with Crippen LogP contribution >= 0.6 is 0 Å².